The van der Waals surface area contributed by atoms with Gasteiger partial charge in [0.25, 0.3) is 0 Å². The van der Waals surface area contributed by atoms with Crippen molar-refractivity contribution in [3.63, 3.8) is 0 Å². The Balaban J connectivity index is 2.11. The Kier molecular flexibility index (Phi) is 4.12. The molecule has 1 aromatic heterocycles. The minimum atomic E-state index is 0.343. The highest BCUT2D eigenvalue weighted by atomic mass is 35.5. The number of hydrogen-bond acceptors (Lipinski definition) is 1. The van der Waals surface area contributed by atoms with Crippen LogP contribution in [-0.2, 0) is 12.4 Å². The van der Waals surface area contributed by atoms with Gasteiger partial charge in [0.1, 0.15) is 5.82 Å². The molecule has 0 saturated carbocycles. The SMILES string of the molecule is Cc1ccc(Cn2c(CCl)nc3cc(Cl)c(Cl)cc32)cc1. The lowest BCUT2D eigenvalue weighted by molar-refractivity contribution is 0.778. The number of fused-ring (bicyclic) bond motifs is 1. The van der Waals surface area contributed by atoms with E-state index in [1.54, 1.807) is 6.07 Å². The lowest BCUT2D eigenvalue weighted by Crippen LogP contribution is -2.03. The van der Waals surface area contributed by atoms with Crippen LogP contribution in [0.3, 0.4) is 0 Å². The van der Waals surface area contributed by atoms with Crippen LogP contribution in [0.4, 0.5) is 0 Å². The molecule has 0 bridgehead atoms. The van der Waals surface area contributed by atoms with Crippen LogP contribution < -0.4 is 0 Å². The highest BCUT2D eigenvalue weighted by molar-refractivity contribution is 6.42. The van der Waals surface area contributed by atoms with E-state index in [2.05, 4.69) is 40.7 Å². The largest absolute Gasteiger partial charge is 0.322 e. The molecule has 3 aromatic rings. The molecule has 0 amide bonds. The predicted molar refractivity (Wildman–Crippen MR) is 89.6 cm³/mol. The maximum absolute atomic E-state index is 6.13. The minimum Gasteiger partial charge on any atom is -0.322 e. The van der Waals surface area contributed by atoms with Gasteiger partial charge in [0.2, 0.25) is 0 Å². The normalized spacial score (nSPS) is 11.2. The Morgan fingerprint density at radius 1 is 1.05 bits per heavy atom. The first-order chi connectivity index (χ1) is 10.1. The van der Waals surface area contributed by atoms with Gasteiger partial charge in [0, 0.05) is 6.54 Å². The number of benzene rings is 2. The summed E-state index contributed by atoms with van der Waals surface area (Å²) in [5.74, 6) is 1.15. The topological polar surface area (TPSA) is 17.8 Å². The van der Waals surface area contributed by atoms with E-state index >= 15 is 0 Å². The third kappa shape index (κ3) is 2.89. The van der Waals surface area contributed by atoms with Crippen molar-refractivity contribution in [1.29, 1.82) is 0 Å². The molecule has 5 heteroatoms. The van der Waals surface area contributed by atoms with E-state index in [9.17, 15) is 0 Å². The molecule has 21 heavy (non-hydrogen) atoms. The van der Waals surface area contributed by atoms with Gasteiger partial charge in [-0.15, -0.1) is 11.6 Å². The van der Waals surface area contributed by atoms with Gasteiger partial charge in [-0.1, -0.05) is 53.0 Å². The Morgan fingerprint density at radius 3 is 2.38 bits per heavy atom. The van der Waals surface area contributed by atoms with Crippen molar-refractivity contribution >= 4 is 45.8 Å². The molecule has 3 rings (SSSR count). The zero-order valence-electron chi connectivity index (χ0n) is 11.4. The van der Waals surface area contributed by atoms with Crippen molar-refractivity contribution in [3.8, 4) is 0 Å². The van der Waals surface area contributed by atoms with Gasteiger partial charge in [-0.2, -0.15) is 0 Å². The lowest BCUT2D eigenvalue weighted by Gasteiger charge is -2.08. The molecule has 108 valence electrons. The van der Waals surface area contributed by atoms with E-state index in [4.69, 9.17) is 34.8 Å². The maximum atomic E-state index is 6.13. The van der Waals surface area contributed by atoms with Crippen molar-refractivity contribution in [2.24, 2.45) is 0 Å². The first kappa shape index (κ1) is 14.7. The van der Waals surface area contributed by atoms with Crippen LogP contribution in [0, 0.1) is 6.92 Å². The molecule has 0 aliphatic carbocycles. The zero-order chi connectivity index (χ0) is 15.0. The van der Waals surface area contributed by atoms with E-state index in [-0.39, 0.29) is 0 Å². The van der Waals surface area contributed by atoms with E-state index in [0.717, 1.165) is 16.9 Å². The fourth-order valence-corrected chi connectivity index (χ4v) is 2.84. The van der Waals surface area contributed by atoms with Crippen molar-refractivity contribution in [1.82, 2.24) is 9.55 Å². The smallest absolute Gasteiger partial charge is 0.125 e. The number of nitrogens with zero attached hydrogens (tertiary/aromatic N) is 2. The molecule has 0 aliphatic rings. The number of hydrogen-bond donors (Lipinski definition) is 0. The molecule has 0 radical (unpaired) electrons. The molecular formula is C16H13Cl3N2. The van der Waals surface area contributed by atoms with Crippen LogP contribution in [0.5, 0.6) is 0 Å². The number of aromatic nitrogens is 2. The summed E-state index contributed by atoms with van der Waals surface area (Å²) in [4.78, 5) is 4.53. The van der Waals surface area contributed by atoms with Crippen LogP contribution in [-0.4, -0.2) is 9.55 Å². The van der Waals surface area contributed by atoms with E-state index < -0.39 is 0 Å². The highest BCUT2D eigenvalue weighted by Gasteiger charge is 2.12. The first-order valence-corrected chi connectivity index (χ1v) is 7.83. The Labute approximate surface area is 138 Å². The molecule has 0 atom stereocenters. The van der Waals surface area contributed by atoms with Crippen molar-refractivity contribution in [3.05, 3.63) is 63.4 Å². The van der Waals surface area contributed by atoms with E-state index in [1.165, 1.54) is 11.1 Å². The number of alkyl halides is 1. The summed E-state index contributed by atoms with van der Waals surface area (Å²) in [7, 11) is 0. The Hall–Kier alpha value is -1.22. The van der Waals surface area contributed by atoms with Crippen molar-refractivity contribution < 1.29 is 0 Å². The standard InChI is InChI=1S/C16H13Cl3N2/c1-10-2-4-11(5-3-10)9-21-15-7-13(19)12(18)6-14(15)20-16(21)8-17/h2-7H,8-9H2,1H3. The zero-order valence-corrected chi connectivity index (χ0v) is 13.7. The molecule has 0 unspecified atom stereocenters. The summed E-state index contributed by atoms with van der Waals surface area (Å²) in [6.07, 6.45) is 0. The van der Waals surface area contributed by atoms with Crippen LogP contribution in [0.1, 0.15) is 17.0 Å². The van der Waals surface area contributed by atoms with Crippen molar-refractivity contribution in [2.45, 2.75) is 19.3 Å². The van der Waals surface area contributed by atoms with Gasteiger partial charge < -0.3 is 4.57 Å². The van der Waals surface area contributed by atoms with Crippen LogP contribution >= 0.6 is 34.8 Å². The predicted octanol–water partition coefficient (Wildman–Crippen LogP) is 5.44. The average Bonchev–Trinajstić information content (AvgIpc) is 2.79. The summed E-state index contributed by atoms with van der Waals surface area (Å²) in [5.41, 5.74) is 4.19. The molecule has 1 heterocycles. The molecular weight excluding hydrogens is 327 g/mol. The number of aryl methyl sites for hydroxylation is 1. The summed E-state index contributed by atoms with van der Waals surface area (Å²) >= 11 is 18.2. The van der Waals surface area contributed by atoms with Crippen LogP contribution in [0.25, 0.3) is 11.0 Å². The summed E-state index contributed by atoms with van der Waals surface area (Å²) in [6.45, 7) is 2.78. The quantitative estimate of drug-likeness (QED) is 0.581. The van der Waals surface area contributed by atoms with Gasteiger partial charge in [-0.25, -0.2) is 4.98 Å². The van der Waals surface area contributed by atoms with Crippen LogP contribution in [0.15, 0.2) is 36.4 Å². The van der Waals surface area contributed by atoms with E-state index in [0.29, 0.717) is 22.5 Å². The maximum Gasteiger partial charge on any atom is 0.125 e. The number of rotatable bonds is 3. The highest BCUT2D eigenvalue weighted by Crippen LogP contribution is 2.29. The fraction of sp³-hybridized carbons (Fsp3) is 0.188. The third-order valence-corrected chi connectivity index (χ3v) is 4.41. The molecule has 0 N–H and O–H groups in total. The summed E-state index contributed by atoms with van der Waals surface area (Å²) in [5, 5.41) is 1.03. The average molecular weight is 340 g/mol. The molecule has 0 aliphatic heterocycles. The second-order valence-corrected chi connectivity index (χ2v) is 6.07. The fourth-order valence-electron chi connectivity index (χ4n) is 2.32. The molecule has 0 saturated heterocycles. The summed E-state index contributed by atoms with van der Waals surface area (Å²) in [6, 6.07) is 12.0. The number of imidazole rings is 1. The van der Waals surface area contributed by atoms with E-state index in [1.807, 2.05) is 6.07 Å². The van der Waals surface area contributed by atoms with Gasteiger partial charge >= 0.3 is 0 Å². The van der Waals surface area contributed by atoms with Crippen LogP contribution in [0.2, 0.25) is 10.0 Å². The molecule has 0 spiro atoms. The van der Waals surface area contributed by atoms with Gasteiger partial charge in [-0.05, 0) is 24.6 Å². The first-order valence-electron chi connectivity index (χ1n) is 6.54. The second-order valence-electron chi connectivity index (χ2n) is 4.99. The lowest BCUT2D eigenvalue weighted by atomic mass is 10.1. The monoisotopic (exact) mass is 338 g/mol. The Morgan fingerprint density at radius 2 is 1.71 bits per heavy atom. The van der Waals surface area contributed by atoms with Gasteiger partial charge in [0.05, 0.1) is 27.0 Å². The summed E-state index contributed by atoms with van der Waals surface area (Å²) < 4.78 is 2.08. The van der Waals surface area contributed by atoms with Crippen molar-refractivity contribution in [2.75, 3.05) is 0 Å². The minimum absolute atomic E-state index is 0.343. The molecule has 2 aromatic carbocycles. The third-order valence-electron chi connectivity index (χ3n) is 3.45. The second kappa shape index (κ2) is 5.88. The van der Waals surface area contributed by atoms with Gasteiger partial charge in [-0.3, -0.25) is 0 Å². The molecule has 0 fully saturated rings. The number of halogens is 3. The molecule has 2 nitrogen and oxygen atoms in total. The Bertz CT molecular complexity index is 791. The van der Waals surface area contributed by atoms with Gasteiger partial charge in [0.15, 0.2) is 0 Å².